The van der Waals surface area contributed by atoms with Crippen molar-refractivity contribution >= 4 is 0 Å². The molecular formula is C10H24O2. The smallest absolute Gasteiger partial charge is 0.0549 e. The predicted octanol–water partition coefficient (Wildman–Crippen LogP) is 2.46. The van der Waals surface area contributed by atoms with E-state index in [2.05, 4.69) is 13.8 Å². The van der Waals surface area contributed by atoms with Crippen molar-refractivity contribution in [2.75, 3.05) is 13.7 Å². The van der Waals surface area contributed by atoms with E-state index in [9.17, 15) is 0 Å². The lowest BCUT2D eigenvalue weighted by Gasteiger charge is -2.23. The van der Waals surface area contributed by atoms with Gasteiger partial charge in [0.25, 0.3) is 0 Å². The van der Waals surface area contributed by atoms with Crippen LogP contribution in [0.5, 0.6) is 0 Å². The first kappa shape index (κ1) is 14.4. The summed E-state index contributed by atoms with van der Waals surface area (Å²) in [5.74, 6) is 0.888. The Morgan fingerprint density at radius 3 is 1.92 bits per heavy atom. The van der Waals surface area contributed by atoms with E-state index in [1.54, 1.807) is 0 Å². The normalized spacial score (nSPS) is 27.5. The van der Waals surface area contributed by atoms with Gasteiger partial charge in [0.2, 0.25) is 0 Å². The highest BCUT2D eigenvalue weighted by Crippen LogP contribution is 2.18. The first-order valence-electron chi connectivity index (χ1n) is 4.85. The van der Waals surface area contributed by atoms with E-state index in [1.807, 2.05) is 13.8 Å². The third-order valence-electron chi connectivity index (χ3n) is 1.75. The van der Waals surface area contributed by atoms with Gasteiger partial charge in [0.05, 0.1) is 6.10 Å². The van der Waals surface area contributed by atoms with Crippen LogP contribution in [0.4, 0.5) is 0 Å². The third kappa shape index (κ3) is 8.02. The second-order valence-corrected chi connectivity index (χ2v) is 2.81. The van der Waals surface area contributed by atoms with Crippen LogP contribution in [0.25, 0.3) is 0 Å². The molecule has 0 aromatic rings. The van der Waals surface area contributed by atoms with Gasteiger partial charge in [-0.15, -0.1) is 0 Å². The van der Waals surface area contributed by atoms with Crippen molar-refractivity contribution in [3.05, 3.63) is 0 Å². The summed E-state index contributed by atoms with van der Waals surface area (Å²) >= 11 is 0. The first-order valence-corrected chi connectivity index (χ1v) is 4.85. The lowest BCUT2D eigenvalue weighted by Crippen LogP contribution is -2.20. The Morgan fingerprint density at radius 2 is 1.67 bits per heavy atom. The minimum absolute atomic E-state index is 0.513. The fourth-order valence-electron chi connectivity index (χ4n) is 1.22. The van der Waals surface area contributed by atoms with E-state index in [-0.39, 0.29) is 0 Å². The molecule has 1 N–H and O–H groups in total. The molecule has 1 aliphatic heterocycles. The van der Waals surface area contributed by atoms with Crippen molar-refractivity contribution < 1.29 is 9.84 Å². The minimum atomic E-state index is 0.513. The van der Waals surface area contributed by atoms with Crippen LogP contribution in [0.1, 0.15) is 40.5 Å². The van der Waals surface area contributed by atoms with Crippen LogP contribution in [0, 0.1) is 5.92 Å². The summed E-state index contributed by atoms with van der Waals surface area (Å²) in [6, 6.07) is 0. The molecule has 0 spiro atoms. The van der Waals surface area contributed by atoms with Gasteiger partial charge in [0.1, 0.15) is 0 Å². The van der Waals surface area contributed by atoms with E-state index in [0.717, 1.165) is 19.6 Å². The summed E-state index contributed by atoms with van der Waals surface area (Å²) in [5.41, 5.74) is 0. The zero-order valence-electron chi connectivity index (χ0n) is 9.13. The highest BCUT2D eigenvalue weighted by molar-refractivity contribution is 4.63. The lowest BCUT2D eigenvalue weighted by molar-refractivity contribution is 0.00682. The van der Waals surface area contributed by atoms with Crippen molar-refractivity contribution in [3.8, 4) is 0 Å². The summed E-state index contributed by atoms with van der Waals surface area (Å²) in [4.78, 5) is 0. The van der Waals surface area contributed by atoms with Crippen LogP contribution >= 0.6 is 0 Å². The molecule has 2 nitrogen and oxygen atoms in total. The molecule has 0 radical (unpaired) electrons. The van der Waals surface area contributed by atoms with Crippen LogP contribution < -0.4 is 0 Å². The molecule has 1 saturated heterocycles. The second-order valence-electron chi connectivity index (χ2n) is 2.81. The van der Waals surface area contributed by atoms with Gasteiger partial charge in [0, 0.05) is 13.7 Å². The topological polar surface area (TPSA) is 29.5 Å². The Labute approximate surface area is 76.9 Å². The maximum atomic E-state index is 7.00. The van der Waals surface area contributed by atoms with Crippen molar-refractivity contribution in [1.29, 1.82) is 0 Å². The van der Waals surface area contributed by atoms with Gasteiger partial charge in [-0.25, -0.2) is 0 Å². The molecule has 0 aliphatic carbocycles. The Kier molecular flexibility index (Phi) is 13.1. The summed E-state index contributed by atoms with van der Waals surface area (Å²) in [6.07, 6.45) is 3.02. The zero-order chi connectivity index (χ0) is 9.98. The molecule has 1 fully saturated rings. The molecule has 1 aliphatic rings. The van der Waals surface area contributed by atoms with Crippen LogP contribution in [0.3, 0.4) is 0 Å². The van der Waals surface area contributed by atoms with Gasteiger partial charge in [-0.1, -0.05) is 20.8 Å². The third-order valence-corrected chi connectivity index (χ3v) is 1.75. The summed E-state index contributed by atoms with van der Waals surface area (Å²) in [6.45, 7) is 9.41. The quantitative estimate of drug-likeness (QED) is 0.614. The summed E-state index contributed by atoms with van der Waals surface area (Å²) in [7, 11) is 1.00. The Bertz CT molecular complexity index is 66.2. The van der Waals surface area contributed by atoms with Crippen LogP contribution in [0.2, 0.25) is 0 Å². The standard InChI is InChI=1S/C7H14O.C2H6.CH4O/c1-6-3-4-8-7(2)5-6;2*1-2/h6-7H,3-5H2,1-2H3;1-2H3;2H,1H3. The van der Waals surface area contributed by atoms with E-state index >= 15 is 0 Å². The van der Waals surface area contributed by atoms with Crippen molar-refractivity contribution in [2.24, 2.45) is 5.92 Å². The predicted molar refractivity (Wildman–Crippen MR) is 53.3 cm³/mol. The Balaban J connectivity index is 0. The molecule has 0 aromatic heterocycles. The van der Waals surface area contributed by atoms with Crippen LogP contribution in [-0.2, 0) is 4.74 Å². The molecular weight excluding hydrogens is 152 g/mol. The second kappa shape index (κ2) is 10.9. The maximum Gasteiger partial charge on any atom is 0.0549 e. The molecule has 2 heteroatoms. The van der Waals surface area contributed by atoms with Crippen molar-refractivity contribution in [3.63, 3.8) is 0 Å². The van der Waals surface area contributed by atoms with Gasteiger partial charge in [-0.3, -0.25) is 0 Å². The average Bonchev–Trinajstić information content (AvgIpc) is 2.11. The largest absolute Gasteiger partial charge is 0.400 e. The van der Waals surface area contributed by atoms with Crippen molar-refractivity contribution in [1.82, 2.24) is 0 Å². The molecule has 2 unspecified atom stereocenters. The van der Waals surface area contributed by atoms with Crippen LogP contribution in [-0.4, -0.2) is 24.9 Å². The molecule has 1 rings (SSSR count). The minimum Gasteiger partial charge on any atom is -0.400 e. The van der Waals surface area contributed by atoms with Crippen LogP contribution in [0.15, 0.2) is 0 Å². The number of hydrogen-bond donors (Lipinski definition) is 1. The highest BCUT2D eigenvalue weighted by atomic mass is 16.5. The molecule has 2 atom stereocenters. The number of aliphatic hydroxyl groups is 1. The number of aliphatic hydroxyl groups excluding tert-OH is 1. The van der Waals surface area contributed by atoms with E-state index in [4.69, 9.17) is 9.84 Å². The number of hydrogen-bond acceptors (Lipinski definition) is 2. The lowest BCUT2D eigenvalue weighted by atomic mass is 9.99. The maximum absolute atomic E-state index is 7.00. The molecule has 1 heterocycles. The highest BCUT2D eigenvalue weighted by Gasteiger charge is 2.13. The van der Waals surface area contributed by atoms with Gasteiger partial charge in [-0.2, -0.15) is 0 Å². The fourth-order valence-corrected chi connectivity index (χ4v) is 1.22. The Hall–Kier alpha value is -0.0800. The van der Waals surface area contributed by atoms with Gasteiger partial charge >= 0.3 is 0 Å². The summed E-state index contributed by atoms with van der Waals surface area (Å²) < 4.78 is 5.35. The zero-order valence-corrected chi connectivity index (χ0v) is 9.13. The van der Waals surface area contributed by atoms with Gasteiger partial charge in [0.15, 0.2) is 0 Å². The molecule has 0 saturated carbocycles. The molecule has 0 aromatic carbocycles. The van der Waals surface area contributed by atoms with E-state index in [1.165, 1.54) is 12.8 Å². The van der Waals surface area contributed by atoms with Gasteiger partial charge < -0.3 is 9.84 Å². The summed E-state index contributed by atoms with van der Waals surface area (Å²) in [5, 5.41) is 7.00. The SMILES string of the molecule is CC.CC1CCOC(C)C1.CO. The molecule has 76 valence electrons. The molecule has 12 heavy (non-hydrogen) atoms. The molecule has 0 amide bonds. The number of ether oxygens (including phenoxy) is 1. The van der Waals surface area contributed by atoms with E-state index < -0.39 is 0 Å². The first-order chi connectivity index (χ1) is 5.79. The Morgan fingerprint density at radius 1 is 1.17 bits per heavy atom. The van der Waals surface area contributed by atoms with E-state index in [0.29, 0.717) is 6.10 Å². The molecule has 0 bridgehead atoms. The van der Waals surface area contributed by atoms with Crippen molar-refractivity contribution in [2.45, 2.75) is 46.6 Å². The monoisotopic (exact) mass is 176 g/mol. The fraction of sp³-hybridized carbons (Fsp3) is 1.00. The van der Waals surface area contributed by atoms with Gasteiger partial charge in [-0.05, 0) is 25.7 Å². The average molecular weight is 176 g/mol. The number of rotatable bonds is 0.